The molecule has 1 fully saturated rings. The maximum atomic E-state index is 12.9. The summed E-state index contributed by atoms with van der Waals surface area (Å²) in [6.45, 7) is 1.83. The molecule has 1 saturated carbocycles. The summed E-state index contributed by atoms with van der Waals surface area (Å²) in [6.07, 6.45) is 3.23. The van der Waals surface area contributed by atoms with Crippen molar-refractivity contribution in [2.24, 2.45) is 0 Å². The van der Waals surface area contributed by atoms with Crippen LogP contribution < -0.4 is 16.4 Å². The van der Waals surface area contributed by atoms with E-state index in [2.05, 4.69) is 25.6 Å². The first-order valence-electron chi connectivity index (χ1n) is 9.15. The van der Waals surface area contributed by atoms with Gasteiger partial charge >= 0.3 is 0 Å². The number of nitrogens with two attached hydrogens (primary N) is 1. The van der Waals surface area contributed by atoms with E-state index < -0.39 is 6.04 Å². The van der Waals surface area contributed by atoms with Crippen LogP contribution in [0.1, 0.15) is 47.4 Å². The van der Waals surface area contributed by atoms with Crippen molar-refractivity contribution in [3.8, 4) is 6.07 Å². The number of benzene rings is 1. The summed E-state index contributed by atoms with van der Waals surface area (Å²) in [6, 6.07) is 8.98. The molecule has 29 heavy (non-hydrogen) atoms. The fourth-order valence-electron chi connectivity index (χ4n) is 3.07. The molecule has 1 aliphatic rings. The Balaban J connectivity index is 1.78. The van der Waals surface area contributed by atoms with Gasteiger partial charge in [-0.15, -0.1) is 0 Å². The number of nitrogens with zero attached hydrogens (tertiary/aromatic N) is 4. The normalized spacial score (nSPS) is 14.2. The number of nitriles is 1. The Kier molecular flexibility index (Phi) is 4.91. The molecule has 0 bridgehead atoms. The van der Waals surface area contributed by atoms with Gasteiger partial charge in [0, 0.05) is 11.4 Å². The molecule has 2 aromatic heterocycles. The van der Waals surface area contributed by atoms with Crippen LogP contribution >= 0.6 is 11.6 Å². The van der Waals surface area contributed by atoms with Crippen molar-refractivity contribution in [3.63, 3.8) is 0 Å². The molecule has 0 saturated heterocycles. The van der Waals surface area contributed by atoms with Gasteiger partial charge < -0.3 is 16.4 Å². The molecule has 2 heterocycles. The molecule has 146 valence electrons. The highest BCUT2D eigenvalue weighted by Crippen LogP contribution is 2.29. The molecule has 4 rings (SSSR count). The lowest BCUT2D eigenvalue weighted by Crippen LogP contribution is -2.28. The van der Waals surface area contributed by atoms with E-state index in [-0.39, 0.29) is 29.1 Å². The van der Waals surface area contributed by atoms with E-state index >= 15 is 0 Å². The highest BCUT2D eigenvalue weighted by atomic mass is 35.5. The number of para-hydroxylation sites is 1. The van der Waals surface area contributed by atoms with E-state index in [0.29, 0.717) is 21.8 Å². The summed E-state index contributed by atoms with van der Waals surface area (Å²) in [5.41, 5.74) is 7.47. The van der Waals surface area contributed by atoms with E-state index in [0.717, 1.165) is 18.2 Å². The summed E-state index contributed by atoms with van der Waals surface area (Å²) in [5, 5.41) is 16.8. The van der Waals surface area contributed by atoms with Gasteiger partial charge in [0.15, 0.2) is 0 Å². The molecular weight excluding hydrogens is 390 g/mol. The first-order valence-corrected chi connectivity index (χ1v) is 9.53. The van der Waals surface area contributed by atoms with Gasteiger partial charge in [-0.1, -0.05) is 23.7 Å². The lowest BCUT2D eigenvalue weighted by Gasteiger charge is -2.19. The van der Waals surface area contributed by atoms with Crippen molar-refractivity contribution in [2.75, 3.05) is 11.1 Å². The minimum absolute atomic E-state index is 0.0819. The number of hydrogen-bond donors (Lipinski definition) is 3. The highest BCUT2D eigenvalue weighted by molar-refractivity contribution is 6.35. The van der Waals surface area contributed by atoms with Crippen LogP contribution in [0.4, 0.5) is 11.6 Å². The van der Waals surface area contributed by atoms with E-state index in [1.165, 1.54) is 6.33 Å². The lowest BCUT2D eigenvalue weighted by atomic mass is 10.0. The van der Waals surface area contributed by atoms with Crippen LogP contribution in [0.3, 0.4) is 0 Å². The molecule has 0 radical (unpaired) electrons. The minimum Gasteiger partial charge on any atom is -0.382 e. The van der Waals surface area contributed by atoms with Gasteiger partial charge in [-0.05, 0) is 31.9 Å². The summed E-state index contributed by atoms with van der Waals surface area (Å²) >= 11 is 6.32. The smallest absolute Gasteiger partial charge is 0.253 e. The van der Waals surface area contributed by atoms with Crippen LogP contribution in [0.25, 0.3) is 10.9 Å². The number of amides is 1. The maximum absolute atomic E-state index is 12.9. The zero-order chi connectivity index (χ0) is 20.5. The Hall–Kier alpha value is -3.44. The fraction of sp³-hybridized carbons (Fsp3) is 0.250. The van der Waals surface area contributed by atoms with Gasteiger partial charge in [-0.3, -0.25) is 4.79 Å². The van der Waals surface area contributed by atoms with E-state index in [1.54, 1.807) is 12.1 Å². The zero-order valence-corrected chi connectivity index (χ0v) is 16.4. The number of rotatable bonds is 5. The second-order valence-electron chi connectivity index (χ2n) is 6.94. The van der Waals surface area contributed by atoms with Gasteiger partial charge in [0.1, 0.15) is 29.6 Å². The van der Waals surface area contributed by atoms with Gasteiger partial charge in [0.05, 0.1) is 27.8 Å². The van der Waals surface area contributed by atoms with Crippen LogP contribution in [-0.2, 0) is 0 Å². The second-order valence-corrected chi connectivity index (χ2v) is 7.35. The Morgan fingerprint density at radius 2 is 2.17 bits per heavy atom. The number of hydrogen-bond acceptors (Lipinski definition) is 7. The van der Waals surface area contributed by atoms with Gasteiger partial charge in [0.2, 0.25) is 0 Å². The Morgan fingerprint density at radius 1 is 1.38 bits per heavy atom. The first-order chi connectivity index (χ1) is 14.0. The van der Waals surface area contributed by atoms with Crippen molar-refractivity contribution in [3.05, 3.63) is 52.4 Å². The fourth-order valence-corrected chi connectivity index (χ4v) is 3.30. The lowest BCUT2D eigenvalue weighted by molar-refractivity contribution is 0.0949. The van der Waals surface area contributed by atoms with Crippen LogP contribution in [0, 0.1) is 11.3 Å². The van der Waals surface area contributed by atoms with Crippen LogP contribution in [-0.4, -0.2) is 26.9 Å². The number of carbonyl (C=O) groups excluding carboxylic acids is 1. The van der Waals surface area contributed by atoms with Gasteiger partial charge in [-0.25, -0.2) is 15.0 Å². The third kappa shape index (κ3) is 3.77. The van der Waals surface area contributed by atoms with Crippen LogP contribution in [0.5, 0.6) is 0 Å². The molecule has 1 aliphatic carbocycles. The molecule has 1 unspecified atom stereocenters. The topological polar surface area (TPSA) is 130 Å². The molecule has 4 N–H and O–H groups in total. The highest BCUT2D eigenvalue weighted by Gasteiger charge is 2.27. The predicted molar refractivity (Wildman–Crippen MR) is 110 cm³/mol. The predicted octanol–water partition coefficient (Wildman–Crippen LogP) is 3.20. The molecular formula is C20H18ClN7O. The number of halogens is 1. The molecule has 3 aromatic rings. The number of nitrogen functional groups attached to an aromatic ring is 1. The number of fused-ring (bicyclic) bond motifs is 1. The molecule has 1 atom stereocenters. The summed E-state index contributed by atoms with van der Waals surface area (Å²) < 4.78 is 0. The van der Waals surface area contributed by atoms with Crippen molar-refractivity contribution in [1.82, 2.24) is 20.3 Å². The van der Waals surface area contributed by atoms with E-state index in [1.807, 2.05) is 25.1 Å². The SMILES string of the molecule is CC(Nc1ncnc(N)c1C#N)c1nc2c(Cl)cccc2cc1C(=O)NC1CC1. The summed E-state index contributed by atoms with van der Waals surface area (Å²) in [5.74, 6) is 0.175. The molecule has 1 amide bonds. The summed E-state index contributed by atoms with van der Waals surface area (Å²) in [7, 11) is 0. The van der Waals surface area contributed by atoms with E-state index in [9.17, 15) is 10.1 Å². The maximum Gasteiger partial charge on any atom is 0.253 e. The standard InChI is InChI=1S/C20H18ClN7O/c1-10(26-19-14(8-22)18(23)24-9-25-19)16-13(20(29)27-12-5-6-12)7-11-3-2-4-15(21)17(11)28-16/h2-4,7,9-10,12H,5-6H2,1H3,(H,27,29)(H3,23,24,25,26). The van der Waals surface area contributed by atoms with Crippen LogP contribution in [0.15, 0.2) is 30.6 Å². The van der Waals surface area contributed by atoms with Crippen LogP contribution in [0.2, 0.25) is 5.02 Å². The Bertz CT molecular complexity index is 1150. The molecule has 8 nitrogen and oxygen atoms in total. The Morgan fingerprint density at radius 3 is 2.90 bits per heavy atom. The first kappa shape index (κ1) is 18.9. The molecule has 9 heteroatoms. The van der Waals surface area contributed by atoms with E-state index in [4.69, 9.17) is 17.3 Å². The number of anilines is 2. The van der Waals surface area contributed by atoms with Crippen molar-refractivity contribution < 1.29 is 4.79 Å². The van der Waals surface area contributed by atoms with Crippen molar-refractivity contribution in [2.45, 2.75) is 31.8 Å². The average Bonchev–Trinajstić information content (AvgIpc) is 3.51. The Labute approximate surface area is 172 Å². The second kappa shape index (κ2) is 7.53. The molecule has 1 aromatic carbocycles. The molecule has 0 spiro atoms. The average molecular weight is 408 g/mol. The molecule has 0 aliphatic heterocycles. The third-order valence-corrected chi connectivity index (χ3v) is 5.04. The minimum atomic E-state index is -0.447. The third-order valence-electron chi connectivity index (χ3n) is 4.74. The van der Waals surface area contributed by atoms with Crippen molar-refractivity contribution in [1.29, 1.82) is 5.26 Å². The quantitative estimate of drug-likeness (QED) is 0.592. The monoisotopic (exact) mass is 407 g/mol. The zero-order valence-electron chi connectivity index (χ0n) is 15.6. The van der Waals surface area contributed by atoms with Gasteiger partial charge in [-0.2, -0.15) is 5.26 Å². The summed E-state index contributed by atoms with van der Waals surface area (Å²) in [4.78, 5) is 25.5. The number of carbonyl (C=O) groups is 1. The largest absolute Gasteiger partial charge is 0.382 e. The van der Waals surface area contributed by atoms with Gasteiger partial charge in [0.25, 0.3) is 5.91 Å². The van der Waals surface area contributed by atoms with Crippen molar-refractivity contribution >= 4 is 40.0 Å². The number of aromatic nitrogens is 3. The number of nitrogens with one attached hydrogen (secondary N) is 2. The number of pyridine rings is 1.